The second kappa shape index (κ2) is 3.25. The fourth-order valence-corrected chi connectivity index (χ4v) is 1.08. The second-order valence-corrected chi connectivity index (χ2v) is 2.48. The number of hydrogen-bond acceptors (Lipinski definition) is 3. The van der Waals surface area contributed by atoms with Gasteiger partial charge >= 0.3 is 0 Å². The molecule has 0 radical (unpaired) electrons. The molecule has 9 heavy (non-hydrogen) atoms. The molecule has 0 atom stereocenters. The normalized spacial score (nSPS) is 10.3. The minimum absolute atomic E-state index is 1.17. The van der Waals surface area contributed by atoms with E-state index in [1.165, 1.54) is 4.88 Å². The Morgan fingerprint density at radius 2 is 2.67 bits per heavy atom. The van der Waals surface area contributed by atoms with Crippen LogP contribution in [0, 0.1) is 0 Å². The third kappa shape index (κ3) is 1.85. The molecule has 0 aliphatic heterocycles. The Morgan fingerprint density at radius 3 is 3.22 bits per heavy atom. The van der Waals surface area contributed by atoms with E-state index in [2.05, 4.69) is 10.5 Å². The van der Waals surface area contributed by atoms with Gasteiger partial charge in [-0.25, -0.2) is 0 Å². The highest BCUT2D eigenvalue weighted by Gasteiger charge is 1.82. The van der Waals surface area contributed by atoms with Crippen molar-refractivity contribution >= 4 is 17.6 Å². The Morgan fingerprint density at radius 1 is 1.78 bits per heavy atom. The van der Waals surface area contributed by atoms with Crippen LogP contribution in [0.2, 0.25) is 0 Å². The molecule has 0 spiro atoms. The van der Waals surface area contributed by atoms with Crippen LogP contribution in [0.3, 0.4) is 0 Å². The largest absolute Gasteiger partial charge is 0.313 e. The van der Waals surface area contributed by atoms with Crippen molar-refractivity contribution in [3.05, 3.63) is 22.4 Å². The summed E-state index contributed by atoms with van der Waals surface area (Å²) in [4.78, 5) is 1.17. The van der Waals surface area contributed by atoms with Crippen LogP contribution >= 0.6 is 11.3 Å². The van der Waals surface area contributed by atoms with E-state index in [0.717, 1.165) is 0 Å². The van der Waals surface area contributed by atoms with Gasteiger partial charge in [-0.2, -0.15) is 5.10 Å². The summed E-state index contributed by atoms with van der Waals surface area (Å²) in [7, 11) is 1.78. The molecule has 0 saturated heterocycles. The van der Waals surface area contributed by atoms with Crippen molar-refractivity contribution in [1.82, 2.24) is 5.43 Å². The number of nitrogens with one attached hydrogen (secondary N) is 1. The maximum Gasteiger partial charge on any atom is 0.0640 e. The Labute approximate surface area is 58.2 Å². The molecule has 1 heterocycles. The van der Waals surface area contributed by atoms with Gasteiger partial charge in [-0.05, 0) is 11.4 Å². The molecule has 1 aromatic heterocycles. The van der Waals surface area contributed by atoms with Gasteiger partial charge < -0.3 is 5.43 Å². The first kappa shape index (κ1) is 6.29. The fourth-order valence-electron chi connectivity index (χ4n) is 0.493. The Hall–Kier alpha value is -0.830. The van der Waals surface area contributed by atoms with Gasteiger partial charge in [0.2, 0.25) is 0 Å². The van der Waals surface area contributed by atoms with Crippen LogP contribution < -0.4 is 5.43 Å². The molecule has 1 N–H and O–H groups in total. The number of rotatable bonds is 2. The Bertz CT molecular complexity index is 179. The molecule has 0 unspecified atom stereocenters. The van der Waals surface area contributed by atoms with Crippen molar-refractivity contribution in [1.29, 1.82) is 0 Å². The third-order valence-electron chi connectivity index (χ3n) is 0.864. The van der Waals surface area contributed by atoms with Crippen LogP contribution in [-0.4, -0.2) is 13.3 Å². The van der Waals surface area contributed by atoms with Crippen molar-refractivity contribution in [2.75, 3.05) is 7.05 Å². The zero-order valence-electron chi connectivity index (χ0n) is 5.16. The summed E-state index contributed by atoms with van der Waals surface area (Å²) in [5.41, 5.74) is 2.68. The number of hydrogen-bond donors (Lipinski definition) is 1. The quantitative estimate of drug-likeness (QED) is 0.486. The average Bonchev–Trinajstić information content (AvgIpc) is 2.34. The molecule has 1 rings (SSSR count). The van der Waals surface area contributed by atoms with Crippen molar-refractivity contribution < 1.29 is 0 Å². The lowest BCUT2D eigenvalue weighted by Gasteiger charge is -1.82. The molecule has 1 aromatic rings. The topological polar surface area (TPSA) is 24.4 Å². The highest BCUT2D eigenvalue weighted by Crippen LogP contribution is 2.03. The molecule has 0 aromatic carbocycles. The second-order valence-electron chi connectivity index (χ2n) is 1.50. The van der Waals surface area contributed by atoms with Crippen LogP contribution in [-0.2, 0) is 0 Å². The van der Waals surface area contributed by atoms with E-state index in [1.54, 1.807) is 24.6 Å². The van der Waals surface area contributed by atoms with E-state index in [0.29, 0.717) is 0 Å². The maximum absolute atomic E-state index is 3.85. The van der Waals surface area contributed by atoms with E-state index < -0.39 is 0 Å². The predicted octanol–water partition coefficient (Wildman–Crippen LogP) is 1.30. The first-order valence-electron chi connectivity index (χ1n) is 2.67. The summed E-state index contributed by atoms with van der Waals surface area (Å²) in [5.74, 6) is 0. The molecule has 0 fully saturated rings. The summed E-state index contributed by atoms with van der Waals surface area (Å²) in [6, 6.07) is 4.02. The zero-order chi connectivity index (χ0) is 6.53. The number of thiophene rings is 1. The van der Waals surface area contributed by atoms with Crippen LogP contribution in [0.25, 0.3) is 0 Å². The standard InChI is InChI=1S/C6H8N2S/c1-7-8-5-6-3-2-4-9-6/h2-5,7H,1H3. The SMILES string of the molecule is CNN=Cc1cccs1. The predicted molar refractivity (Wildman–Crippen MR) is 41.0 cm³/mol. The molecular formula is C6H8N2S. The highest BCUT2D eigenvalue weighted by atomic mass is 32.1. The van der Waals surface area contributed by atoms with Crippen molar-refractivity contribution in [3.8, 4) is 0 Å². The van der Waals surface area contributed by atoms with Gasteiger partial charge in [0.25, 0.3) is 0 Å². The smallest absolute Gasteiger partial charge is 0.0640 e. The summed E-state index contributed by atoms with van der Waals surface area (Å²) in [6.07, 6.45) is 1.80. The van der Waals surface area contributed by atoms with Crippen molar-refractivity contribution in [2.24, 2.45) is 5.10 Å². The molecule has 2 nitrogen and oxygen atoms in total. The monoisotopic (exact) mass is 140 g/mol. The van der Waals surface area contributed by atoms with Crippen molar-refractivity contribution in [3.63, 3.8) is 0 Å². The molecule has 0 aliphatic carbocycles. The van der Waals surface area contributed by atoms with Gasteiger partial charge in [-0.3, -0.25) is 0 Å². The first-order valence-corrected chi connectivity index (χ1v) is 3.55. The lowest BCUT2D eigenvalue weighted by Crippen LogP contribution is -1.92. The summed E-state index contributed by atoms with van der Waals surface area (Å²) >= 11 is 1.67. The van der Waals surface area contributed by atoms with E-state index in [9.17, 15) is 0 Å². The van der Waals surface area contributed by atoms with Crippen LogP contribution in [0.4, 0.5) is 0 Å². The third-order valence-corrected chi connectivity index (χ3v) is 1.67. The van der Waals surface area contributed by atoms with Gasteiger partial charge in [-0.15, -0.1) is 11.3 Å². The Balaban J connectivity index is 2.57. The molecule has 3 heteroatoms. The van der Waals surface area contributed by atoms with Gasteiger partial charge in [0, 0.05) is 11.9 Å². The van der Waals surface area contributed by atoms with Crippen molar-refractivity contribution in [2.45, 2.75) is 0 Å². The van der Waals surface area contributed by atoms with Gasteiger partial charge in [-0.1, -0.05) is 6.07 Å². The number of hydrazone groups is 1. The minimum Gasteiger partial charge on any atom is -0.313 e. The zero-order valence-corrected chi connectivity index (χ0v) is 5.98. The molecule has 0 aliphatic rings. The summed E-state index contributed by atoms with van der Waals surface area (Å²) in [6.45, 7) is 0. The fraction of sp³-hybridized carbons (Fsp3) is 0.167. The lowest BCUT2D eigenvalue weighted by atomic mass is 10.5. The van der Waals surface area contributed by atoms with Gasteiger partial charge in [0.15, 0.2) is 0 Å². The molecular weight excluding hydrogens is 132 g/mol. The lowest BCUT2D eigenvalue weighted by molar-refractivity contribution is 0.908. The van der Waals surface area contributed by atoms with E-state index in [1.807, 2.05) is 17.5 Å². The molecule has 48 valence electrons. The van der Waals surface area contributed by atoms with Crippen LogP contribution in [0.1, 0.15) is 4.88 Å². The minimum atomic E-state index is 1.17. The van der Waals surface area contributed by atoms with Gasteiger partial charge in [0.1, 0.15) is 0 Å². The highest BCUT2D eigenvalue weighted by molar-refractivity contribution is 7.11. The summed E-state index contributed by atoms with van der Waals surface area (Å²) < 4.78 is 0. The average molecular weight is 140 g/mol. The van der Waals surface area contributed by atoms with Crippen LogP contribution in [0.15, 0.2) is 22.6 Å². The summed E-state index contributed by atoms with van der Waals surface area (Å²) in [5, 5.41) is 5.87. The van der Waals surface area contributed by atoms with E-state index in [-0.39, 0.29) is 0 Å². The Kier molecular flexibility index (Phi) is 2.27. The number of nitrogens with zero attached hydrogens (tertiary/aromatic N) is 1. The van der Waals surface area contributed by atoms with E-state index >= 15 is 0 Å². The van der Waals surface area contributed by atoms with Gasteiger partial charge in [0.05, 0.1) is 6.21 Å². The van der Waals surface area contributed by atoms with E-state index in [4.69, 9.17) is 0 Å². The van der Waals surface area contributed by atoms with Crippen LogP contribution in [0.5, 0.6) is 0 Å². The maximum atomic E-state index is 3.85. The molecule has 0 bridgehead atoms. The molecule has 0 amide bonds. The molecule has 0 saturated carbocycles. The first-order chi connectivity index (χ1) is 4.43.